The van der Waals surface area contributed by atoms with Crippen LogP contribution in [0.15, 0.2) is 28.7 Å². The first-order valence-corrected chi connectivity index (χ1v) is 6.09. The molecule has 15 heavy (non-hydrogen) atoms. The molecule has 3 heteroatoms. The molecule has 0 aromatic heterocycles. The largest absolute Gasteiger partial charge is 0.395 e. The van der Waals surface area contributed by atoms with Gasteiger partial charge in [-0.1, -0.05) is 35.0 Å². The molecule has 0 fully saturated rings. The quantitative estimate of drug-likeness (QED) is 0.863. The fourth-order valence-electron chi connectivity index (χ4n) is 1.53. The van der Waals surface area contributed by atoms with Gasteiger partial charge in [0.1, 0.15) is 0 Å². The predicted octanol–water partition coefficient (Wildman–Crippen LogP) is 2.87. The zero-order chi connectivity index (χ0) is 11.3. The Kier molecular flexibility index (Phi) is 5.29. The number of halogens is 1. The van der Waals surface area contributed by atoms with Crippen molar-refractivity contribution in [3.63, 3.8) is 0 Å². The van der Waals surface area contributed by atoms with Gasteiger partial charge in [0.15, 0.2) is 0 Å². The van der Waals surface area contributed by atoms with Gasteiger partial charge in [-0.3, -0.25) is 0 Å². The Morgan fingerprint density at radius 2 is 2.20 bits per heavy atom. The molecule has 0 aliphatic rings. The molecule has 0 saturated carbocycles. The summed E-state index contributed by atoms with van der Waals surface area (Å²) >= 11 is 3.45. The number of nitrogens with one attached hydrogen (secondary N) is 1. The van der Waals surface area contributed by atoms with Crippen LogP contribution in [0.4, 0.5) is 0 Å². The van der Waals surface area contributed by atoms with E-state index in [-0.39, 0.29) is 18.7 Å². The van der Waals surface area contributed by atoms with Crippen molar-refractivity contribution in [1.82, 2.24) is 5.32 Å². The highest BCUT2D eigenvalue weighted by molar-refractivity contribution is 9.10. The number of aliphatic hydroxyl groups excluding tert-OH is 1. The van der Waals surface area contributed by atoms with Crippen LogP contribution in [0.3, 0.4) is 0 Å². The van der Waals surface area contributed by atoms with Gasteiger partial charge in [0.2, 0.25) is 0 Å². The van der Waals surface area contributed by atoms with Crippen LogP contribution < -0.4 is 5.32 Å². The highest BCUT2D eigenvalue weighted by Gasteiger charge is 2.10. The lowest BCUT2D eigenvalue weighted by atomic mass is 10.1. The number of benzene rings is 1. The van der Waals surface area contributed by atoms with E-state index >= 15 is 0 Å². The van der Waals surface area contributed by atoms with Crippen molar-refractivity contribution in [3.05, 3.63) is 34.3 Å². The average Bonchev–Trinajstić information content (AvgIpc) is 2.25. The van der Waals surface area contributed by atoms with Crippen LogP contribution in [0.25, 0.3) is 0 Å². The molecule has 1 unspecified atom stereocenters. The molecular formula is C12H18BrNO. The first-order valence-electron chi connectivity index (χ1n) is 5.29. The van der Waals surface area contributed by atoms with E-state index in [4.69, 9.17) is 5.11 Å². The van der Waals surface area contributed by atoms with Crippen LogP contribution in [0.5, 0.6) is 0 Å². The molecule has 0 amide bonds. The van der Waals surface area contributed by atoms with Crippen LogP contribution >= 0.6 is 15.9 Å². The van der Waals surface area contributed by atoms with Crippen LogP contribution in [-0.4, -0.2) is 17.8 Å². The standard InChI is InChI=1S/C12H18BrNO/c1-3-12(8-15)14-9(2)10-5-4-6-11(13)7-10/h4-7,9,12,14-15H,3,8H2,1-2H3/t9?,12-/m0/s1. The second-order valence-electron chi connectivity index (χ2n) is 3.73. The van der Waals surface area contributed by atoms with E-state index in [0.717, 1.165) is 10.9 Å². The summed E-state index contributed by atoms with van der Waals surface area (Å²) in [4.78, 5) is 0. The normalized spacial score (nSPS) is 14.9. The van der Waals surface area contributed by atoms with E-state index < -0.39 is 0 Å². The fourth-order valence-corrected chi connectivity index (χ4v) is 1.94. The zero-order valence-electron chi connectivity index (χ0n) is 9.20. The van der Waals surface area contributed by atoms with Crippen LogP contribution in [0.1, 0.15) is 31.9 Å². The van der Waals surface area contributed by atoms with Crippen molar-refractivity contribution < 1.29 is 5.11 Å². The third-order valence-electron chi connectivity index (χ3n) is 2.55. The lowest BCUT2D eigenvalue weighted by Crippen LogP contribution is -2.33. The number of hydrogen-bond donors (Lipinski definition) is 2. The monoisotopic (exact) mass is 271 g/mol. The van der Waals surface area contributed by atoms with Gasteiger partial charge in [0, 0.05) is 16.6 Å². The summed E-state index contributed by atoms with van der Waals surface area (Å²) < 4.78 is 1.09. The van der Waals surface area contributed by atoms with Crippen molar-refractivity contribution in [2.24, 2.45) is 0 Å². The summed E-state index contributed by atoms with van der Waals surface area (Å²) in [7, 11) is 0. The third-order valence-corrected chi connectivity index (χ3v) is 3.04. The predicted molar refractivity (Wildman–Crippen MR) is 66.9 cm³/mol. The Hall–Kier alpha value is -0.380. The van der Waals surface area contributed by atoms with Crippen molar-refractivity contribution in [3.8, 4) is 0 Å². The van der Waals surface area contributed by atoms with E-state index in [9.17, 15) is 0 Å². The molecule has 0 radical (unpaired) electrons. The van der Waals surface area contributed by atoms with Gasteiger partial charge in [-0.05, 0) is 31.0 Å². The van der Waals surface area contributed by atoms with Crippen molar-refractivity contribution in [2.45, 2.75) is 32.4 Å². The van der Waals surface area contributed by atoms with Crippen molar-refractivity contribution in [1.29, 1.82) is 0 Å². The van der Waals surface area contributed by atoms with Crippen LogP contribution in [0, 0.1) is 0 Å². The molecule has 0 spiro atoms. The number of hydrogen-bond acceptors (Lipinski definition) is 2. The highest BCUT2D eigenvalue weighted by atomic mass is 79.9. The van der Waals surface area contributed by atoms with Gasteiger partial charge < -0.3 is 10.4 Å². The lowest BCUT2D eigenvalue weighted by Gasteiger charge is -2.20. The molecule has 0 heterocycles. The van der Waals surface area contributed by atoms with Crippen LogP contribution in [-0.2, 0) is 0 Å². The van der Waals surface area contributed by atoms with Crippen molar-refractivity contribution in [2.75, 3.05) is 6.61 Å². The Labute approximate surface area is 99.8 Å². The van der Waals surface area contributed by atoms with Crippen molar-refractivity contribution >= 4 is 15.9 Å². The van der Waals surface area contributed by atoms with E-state index in [1.54, 1.807) is 0 Å². The van der Waals surface area contributed by atoms with Gasteiger partial charge in [0.25, 0.3) is 0 Å². The smallest absolute Gasteiger partial charge is 0.0584 e. The average molecular weight is 272 g/mol. The Bertz CT molecular complexity index is 299. The SMILES string of the molecule is CC[C@@H](CO)NC(C)c1cccc(Br)c1. The van der Waals surface area contributed by atoms with Gasteiger partial charge in [0.05, 0.1) is 6.61 Å². The molecule has 0 aliphatic carbocycles. The topological polar surface area (TPSA) is 32.3 Å². The Morgan fingerprint density at radius 3 is 2.73 bits per heavy atom. The third kappa shape index (κ3) is 3.93. The molecule has 1 aromatic carbocycles. The zero-order valence-corrected chi connectivity index (χ0v) is 10.8. The van der Waals surface area contributed by atoms with Gasteiger partial charge in [-0.2, -0.15) is 0 Å². The summed E-state index contributed by atoms with van der Waals surface area (Å²) in [5.41, 5.74) is 1.23. The molecule has 0 saturated heterocycles. The second kappa shape index (κ2) is 6.26. The number of rotatable bonds is 5. The van der Waals surface area contributed by atoms with Gasteiger partial charge in [-0.25, -0.2) is 0 Å². The Morgan fingerprint density at radius 1 is 1.47 bits per heavy atom. The Balaban J connectivity index is 2.64. The maximum Gasteiger partial charge on any atom is 0.0584 e. The summed E-state index contributed by atoms with van der Waals surface area (Å²) in [5, 5.41) is 12.5. The maximum absolute atomic E-state index is 9.10. The molecular weight excluding hydrogens is 254 g/mol. The summed E-state index contributed by atoms with van der Waals surface area (Å²) in [6.45, 7) is 4.37. The highest BCUT2D eigenvalue weighted by Crippen LogP contribution is 2.18. The van der Waals surface area contributed by atoms with E-state index in [1.165, 1.54) is 5.56 Å². The number of aliphatic hydroxyl groups is 1. The molecule has 2 atom stereocenters. The van der Waals surface area contributed by atoms with E-state index in [0.29, 0.717) is 0 Å². The minimum atomic E-state index is 0.180. The maximum atomic E-state index is 9.10. The molecule has 2 N–H and O–H groups in total. The molecule has 1 rings (SSSR count). The van der Waals surface area contributed by atoms with Gasteiger partial charge >= 0.3 is 0 Å². The molecule has 1 aromatic rings. The van der Waals surface area contributed by atoms with E-state index in [1.807, 2.05) is 12.1 Å². The molecule has 0 bridgehead atoms. The first kappa shape index (κ1) is 12.7. The van der Waals surface area contributed by atoms with Crippen LogP contribution in [0.2, 0.25) is 0 Å². The minimum Gasteiger partial charge on any atom is -0.395 e. The van der Waals surface area contributed by atoms with E-state index in [2.05, 4.69) is 47.2 Å². The fraction of sp³-hybridized carbons (Fsp3) is 0.500. The lowest BCUT2D eigenvalue weighted by molar-refractivity contribution is 0.230. The molecule has 84 valence electrons. The second-order valence-corrected chi connectivity index (χ2v) is 4.65. The molecule has 0 aliphatic heterocycles. The summed E-state index contributed by atoms with van der Waals surface area (Å²) in [5.74, 6) is 0. The minimum absolute atomic E-state index is 0.180. The summed E-state index contributed by atoms with van der Waals surface area (Å²) in [6, 6.07) is 8.67. The first-order chi connectivity index (χ1) is 7.17. The molecule has 2 nitrogen and oxygen atoms in total. The summed E-state index contributed by atoms with van der Waals surface area (Å²) in [6.07, 6.45) is 0.939. The van der Waals surface area contributed by atoms with Gasteiger partial charge in [-0.15, -0.1) is 0 Å².